The maximum Gasteiger partial charge on any atom is 0.328 e. The SMILES string of the molecule is CCCCC/C=C\C/C=C\CCCC(CCCCCCCC(=O)NCC(=O)NC(CO)C(=O)O)OC(=O)CCCCCCCC/C=C\C/C=C\C/C=C\CCCCCCC. The number of aliphatic hydroxyl groups is 1. The largest absolute Gasteiger partial charge is 0.480 e. The zero-order chi connectivity index (χ0) is 44.0. The van der Waals surface area contributed by atoms with Crippen molar-refractivity contribution in [1.29, 1.82) is 0 Å². The van der Waals surface area contributed by atoms with Crippen molar-refractivity contribution in [2.45, 2.75) is 225 Å². The summed E-state index contributed by atoms with van der Waals surface area (Å²) in [6.07, 6.45) is 55.4. The van der Waals surface area contributed by atoms with Crippen LogP contribution < -0.4 is 10.6 Å². The molecule has 0 radical (unpaired) electrons. The Balaban J connectivity index is 4.31. The summed E-state index contributed by atoms with van der Waals surface area (Å²) in [5, 5.41) is 22.6. The third kappa shape index (κ3) is 41.3. The number of carboxylic acid groups (broad SMARTS) is 1. The average molecular weight is 841 g/mol. The molecule has 0 aromatic carbocycles. The van der Waals surface area contributed by atoms with Crippen LogP contribution in [0.25, 0.3) is 0 Å². The predicted octanol–water partition coefficient (Wildman–Crippen LogP) is 12.5. The molecular weight excluding hydrogens is 753 g/mol. The summed E-state index contributed by atoms with van der Waals surface area (Å²) < 4.78 is 6.01. The van der Waals surface area contributed by atoms with Crippen molar-refractivity contribution < 1.29 is 34.1 Å². The molecule has 0 saturated heterocycles. The number of amides is 2. The number of carbonyl (C=O) groups is 4. The Bertz CT molecular complexity index is 1190. The minimum absolute atomic E-state index is 0.0665. The highest BCUT2D eigenvalue weighted by molar-refractivity contribution is 5.87. The van der Waals surface area contributed by atoms with Crippen molar-refractivity contribution in [3.05, 3.63) is 60.8 Å². The first-order valence-electron chi connectivity index (χ1n) is 24.2. The number of aliphatic carboxylic acids is 1. The number of hydrogen-bond acceptors (Lipinski definition) is 6. The van der Waals surface area contributed by atoms with Gasteiger partial charge in [0.15, 0.2) is 0 Å². The maximum absolute atomic E-state index is 12.8. The summed E-state index contributed by atoms with van der Waals surface area (Å²) in [7, 11) is 0. The van der Waals surface area contributed by atoms with Crippen molar-refractivity contribution in [3.8, 4) is 0 Å². The number of esters is 1. The number of rotatable bonds is 43. The van der Waals surface area contributed by atoms with Gasteiger partial charge in [-0.05, 0) is 103 Å². The van der Waals surface area contributed by atoms with Gasteiger partial charge in [-0.15, -0.1) is 0 Å². The van der Waals surface area contributed by atoms with Crippen LogP contribution in [-0.4, -0.2) is 59.3 Å². The van der Waals surface area contributed by atoms with Crippen molar-refractivity contribution in [2.24, 2.45) is 0 Å². The van der Waals surface area contributed by atoms with Crippen LogP contribution in [0.1, 0.15) is 213 Å². The minimum Gasteiger partial charge on any atom is -0.480 e. The normalized spacial score (nSPS) is 13.0. The van der Waals surface area contributed by atoms with E-state index >= 15 is 0 Å². The lowest BCUT2D eigenvalue weighted by atomic mass is 10.0. The van der Waals surface area contributed by atoms with Gasteiger partial charge in [-0.3, -0.25) is 14.4 Å². The molecule has 0 spiro atoms. The van der Waals surface area contributed by atoms with Crippen molar-refractivity contribution in [1.82, 2.24) is 10.6 Å². The first-order chi connectivity index (χ1) is 29.3. The molecule has 2 atom stereocenters. The van der Waals surface area contributed by atoms with E-state index in [-0.39, 0.29) is 30.9 Å². The summed E-state index contributed by atoms with van der Waals surface area (Å²) in [4.78, 5) is 47.7. The second-order valence-electron chi connectivity index (χ2n) is 16.2. The molecule has 2 amide bonds. The fourth-order valence-corrected chi connectivity index (χ4v) is 6.76. The standard InChI is InChI=1S/C51H88N2O7/c1-3-5-7-9-11-13-15-16-17-18-19-20-21-22-23-24-26-28-30-35-39-43-50(57)60-46(40-36-32-29-27-25-14-12-10-8-6-4-2)41-37-33-31-34-38-42-48(55)52-44-49(56)53-47(45-54)51(58)59/h12,14-16,18-19,21-22,27,29,46-47,54H,3-11,13,17,20,23-26,28,30-45H2,1-2H3,(H,52,55)(H,53,56)(H,58,59)/b14-12-,16-15-,19-18-,22-21-,29-27-. The Morgan fingerprint density at radius 3 is 1.45 bits per heavy atom. The molecule has 4 N–H and O–H groups in total. The van der Waals surface area contributed by atoms with E-state index in [1.54, 1.807) is 0 Å². The molecule has 9 nitrogen and oxygen atoms in total. The second kappa shape index (κ2) is 45.1. The van der Waals surface area contributed by atoms with Crippen LogP contribution in [0.5, 0.6) is 0 Å². The third-order valence-electron chi connectivity index (χ3n) is 10.5. The molecule has 0 rings (SSSR count). The third-order valence-corrected chi connectivity index (χ3v) is 10.5. The van der Waals surface area contributed by atoms with Crippen LogP contribution >= 0.6 is 0 Å². The van der Waals surface area contributed by atoms with Crippen LogP contribution in [0.3, 0.4) is 0 Å². The van der Waals surface area contributed by atoms with Gasteiger partial charge in [0.05, 0.1) is 13.2 Å². The lowest BCUT2D eigenvalue weighted by molar-refractivity contribution is -0.150. The van der Waals surface area contributed by atoms with E-state index in [2.05, 4.69) is 85.2 Å². The Morgan fingerprint density at radius 1 is 0.500 bits per heavy atom. The number of carbonyl (C=O) groups excluding carboxylic acids is 3. The van der Waals surface area contributed by atoms with Gasteiger partial charge in [0.2, 0.25) is 11.8 Å². The van der Waals surface area contributed by atoms with Crippen molar-refractivity contribution in [2.75, 3.05) is 13.2 Å². The van der Waals surface area contributed by atoms with E-state index in [4.69, 9.17) is 14.9 Å². The molecule has 2 unspecified atom stereocenters. The summed E-state index contributed by atoms with van der Waals surface area (Å²) >= 11 is 0. The number of carboxylic acids is 1. The van der Waals surface area contributed by atoms with Crippen LogP contribution in [-0.2, 0) is 23.9 Å². The molecule has 9 heteroatoms. The van der Waals surface area contributed by atoms with Crippen LogP contribution in [0.2, 0.25) is 0 Å². The fourth-order valence-electron chi connectivity index (χ4n) is 6.76. The van der Waals surface area contributed by atoms with Crippen LogP contribution in [0, 0.1) is 0 Å². The molecule has 0 saturated carbocycles. The molecule has 344 valence electrons. The number of allylic oxidation sites excluding steroid dienone is 10. The van der Waals surface area contributed by atoms with E-state index < -0.39 is 24.5 Å². The zero-order valence-corrected chi connectivity index (χ0v) is 38.2. The molecule has 0 fully saturated rings. The number of ether oxygens (including phenoxy) is 1. The van der Waals surface area contributed by atoms with Crippen LogP contribution in [0.4, 0.5) is 0 Å². The Labute approximate surface area is 366 Å². The van der Waals surface area contributed by atoms with E-state index in [0.717, 1.165) is 103 Å². The monoisotopic (exact) mass is 841 g/mol. The van der Waals surface area contributed by atoms with E-state index in [9.17, 15) is 19.2 Å². The Hall–Kier alpha value is -3.46. The lowest BCUT2D eigenvalue weighted by Crippen LogP contribution is -2.47. The highest BCUT2D eigenvalue weighted by Gasteiger charge is 2.19. The molecular formula is C51H88N2O7. The molecule has 0 aromatic rings. The van der Waals surface area contributed by atoms with Crippen LogP contribution in [0.15, 0.2) is 60.8 Å². The fraction of sp³-hybridized carbons (Fsp3) is 0.725. The second-order valence-corrected chi connectivity index (χ2v) is 16.2. The highest BCUT2D eigenvalue weighted by atomic mass is 16.5. The molecule has 0 bridgehead atoms. The molecule has 0 aromatic heterocycles. The average Bonchev–Trinajstić information content (AvgIpc) is 3.23. The van der Waals surface area contributed by atoms with Crippen molar-refractivity contribution >= 4 is 23.8 Å². The number of aliphatic hydroxyl groups excluding tert-OH is 1. The van der Waals surface area contributed by atoms with E-state index in [1.807, 2.05) is 0 Å². The molecule has 0 heterocycles. The van der Waals surface area contributed by atoms with Gasteiger partial charge in [0.1, 0.15) is 12.1 Å². The van der Waals surface area contributed by atoms with Gasteiger partial charge in [0, 0.05) is 12.8 Å². The Morgan fingerprint density at radius 2 is 0.917 bits per heavy atom. The molecule has 60 heavy (non-hydrogen) atoms. The summed E-state index contributed by atoms with van der Waals surface area (Å²) in [6.45, 7) is 3.44. The van der Waals surface area contributed by atoms with Gasteiger partial charge in [-0.1, -0.05) is 158 Å². The number of hydrogen-bond donors (Lipinski definition) is 4. The number of nitrogens with one attached hydrogen (secondary N) is 2. The first kappa shape index (κ1) is 56.5. The molecule has 0 aliphatic rings. The first-order valence-corrected chi connectivity index (χ1v) is 24.2. The van der Waals surface area contributed by atoms with Crippen molar-refractivity contribution in [3.63, 3.8) is 0 Å². The summed E-state index contributed by atoms with van der Waals surface area (Å²) in [5.41, 5.74) is 0. The summed E-state index contributed by atoms with van der Waals surface area (Å²) in [5.74, 6) is -2.34. The quantitative estimate of drug-likeness (QED) is 0.0272. The van der Waals surface area contributed by atoms with E-state index in [1.165, 1.54) is 77.0 Å². The van der Waals surface area contributed by atoms with Gasteiger partial charge in [-0.25, -0.2) is 4.79 Å². The van der Waals surface area contributed by atoms with Gasteiger partial charge in [-0.2, -0.15) is 0 Å². The van der Waals surface area contributed by atoms with Gasteiger partial charge < -0.3 is 25.6 Å². The predicted molar refractivity (Wildman–Crippen MR) is 250 cm³/mol. The summed E-state index contributed by atoms with van der Waals surface area (Å²) in [6, 6.07) is -1.39. The Kier molecular flexibility index (Phi) is 42.5. The molecule has 0 aliphatic carbocycles. The molecule has 0 aliphatic heterocycles. The maximum atomic E-state index is 12.8. The van der Waals surface area contributed by atoms with E-state index in [0.29, 0.717) is 12.8 Å². The highest BCUT2D eigenvalue weighted by Crippen LogP contribution is 2.18. The smallest absolute Gasteiger partial charge is 0.328 e. The zero-order valence-electron chi connectivity index (χ0n) is 38.2. The van der Waals surface area contributed by atoms with Gasteiger partial charge in [0.25, 0.3) is 0 Å². The number of unbranched alkanes of at least 4 members (excludes halogenated alkanes) is 19. The van der Waals surface area contributed by atoms with Gasteiger partial charge >= 0.3 is 11.9 Å². The lowest BCUT2D eigenvalue weighted by Gasteiger charge is -2.18. The minimum atomic E-state index is -1.39. The topological polar surface area (TPSA) is 142 Å².